The van der Waals surface area contributed by atoms with Crippen LogP contribution in [0, 0.1) is 0 Å². The molecule has 0 aliphatic heterocycles. The largest absolute Gasteiger partial charge is 0.282 e. The van der Waals surface area contributed by atoms with E-state index >= 15 is 0 Å². The summed E-state index contributed by atoms with van der Waals surface area (Å²) in [6.45, 7) is 2.21. The average molecular weight is 291 g/mol. The molecule has 0 radical (unpaired) electrons. The van der Waals surface area contributed by atoms with Gasteiger partial charge in [0, 0.05) is 0 Å². The second-order valence-electron chi connectivity index (χ2n) is 4.36. The average Bonchev–Trinajstić information content (AvgIpc) is 2.48. The van der Waals surface area contributed by atoms with E-state index in [0.29, 0.717) is 0 Å². The van der Waals surface area contributed by atoms with Crippen LogP contribution in [0.1, 0.15) is 18.1 Å². The van der Waals surface area contributed by atoms with E-state index in [1.54, 1.807) is 24.3 Å². The van der Waals surface area contributed by atoms with Crippen molar-refractivity contribution in [3.8, 4) is 0 Å². The molecule has 0 aliphatic rings. The van der Waals surface area contributed by atoms with Gasteiger partial charge < -0.3 is 0 Å². The number of benzene rings is 2. The first-order chi connectivity index (χ1) is 9.62. The molecule has 0 fully saturated rings. The Hall–Kier alpha value is -1.69. The lowest BCUT2D eigenvalue weighted by Crippen LogP contribution is -2.23. The van der Waals surface area contributed by atoms with E-state index < -0.39 is 10.0 Å². The summed E-state index contributed by atoms with van der Waals surface area (Å²) in [5.41, 5.74) is 1.99. The van der Waals surface area contributed by atoms with Gasteiger partial charge in [-0.1, -0.05) is 54.3 Å². The third-order valence-electron chi connectivity index (χ3n) is 2.89. The zero-order valence-corrected chi connectivity index (χ0v) is 12.1. The first kappa shape index (κ1) is 14.7. The molecule has 2 aromatic rings. The number of rotatable bonds is 6. The minimum atomic E-state index is -3.63. The molecular weight excluding hydrogens is 274 g/mol. The normalized spacial score (nSPS) is 11.4. The quantitative estimate of drug-likeness (QED) is 0.832. The topological polar surface area (TPSA) is 55.4 Å². The van der Waals surface area contributed by atoms with Crippen molar-refractivity contribution in [2.75, 3.05) is 0 Å². The summed E-state index contributed by atoms with van der Waals surface area (Å²) in [7, 11) is -3.63. The SMILES string of the molecule is CCc1ccc(S(=O)(=O)NOCc2ccccc2)cc1. The zero-order valence-electron chi connectivity index (χ0n) is 11.2. The smallest absolute Gasteiger partial charge is 0.262 e. The summed E-state index contributed by atoms with van der Waals surface area (Å²) >= 11 is 0. The second kappa shape index (κ2) is 6.65. The molecule has 0 aromatic heterocycles. The van der Waals surface area contributed by atoms with Gasteiger partial charge in [-0.15, -0.1) is 0 Å². The highest BCUT2D eigenvalue weighted by atomic mass is 32.2. The van der Waals surface area contributed by atoms with Crippen LogP contribution in [0.5, 0.6) is 0 Å². The second-order valence-corrected chi connectivity index (χ2v) is 6.00. The van der Waals surface area contributed by atoms with Crippen molar-refractivity contribution in [3.05, 3.63) is 65.7 Å². The Balaban J connectivity index is 1.96. The minimum Gasteiger partial charge on any atom is -0.282 e. The highest BCUT2D eigenvalue weighted by Crippen LogP contribution is 2.11. The summed E-state index contributed by atoms with van der Waals surface area (Å²) in [5.74, 6) is 0. The summed E-state index contributed by atoms with van der Waals surface area (Å²) in [4.78, 5) is 7.39. The van der Waals surface area contributed by atoms with E-state index in [4.69, 9.17) is 4.84 Å². The van der Waals surface area contributed by atoms with Crippen LogP contribution < -0.4 is 4.89 Å². The van der Waals surface area contributed by atoms with Crippen LogP contribution >= 0.6 is 0 Å². The lowest BCUT2D eigenvalue weighted by atomic mass is 10.2. The van der Waals surface area contributed by atoms with Crippen molar-refractivity contribution in [2.45, 2.75) is 24.8 Å². The summed E-state index contributed by atoms with van der Waals surface area (Å²) in [6.07, 6.45) is 0.873. The van der Waals surface area contributed by atoms with E-state index in [0.717, 1.165) is 17.5 Å². The number of hydrogen-bond acceptors (Lipinski definition) is 3. The number of nitrogens with one attached hydrogen (secondary N) is 1. The Morgan fingerprint density at radius 3 is 2.20 bits per heavy atom. The van der Waals surface area contributed by atoms with E-state index in [1.807, 2.05) is 37.3 Å². The van der Waals surface area contributed by atoms with Gasteiger partial charge >= 0.3 is 0 Å². The fourth-order valence-electron chi connectivity index (χ4n) is 1.72. The molecular formula is C15H17NO3S. The highest BCUT2D eigenvalue weighted by molar-refractivity contribution is 7.89. The summed E-state index contributed by atoms with van der Waals surface area (Å²) < 4.78 is 24.0. The molecule has 0 amide bonds. The predicted octanol–water partition coefficient (Wildman–Crippen LogP) is 2.66. The molecule has 0 heterocycles. The van der Waals surface area contributed by atoms with Gasteiger partial charge in [-0.05, 0) is 29.7 Å². The molecule has 0 bridgehead atoms. The summed E-state index contributed by atoms with van der Waals surface area (Å²) in [6, 6.07) is 16.1. The maximum absolute atomic E-state index is 12.0. The van der Waals surface area contributed by atoms with Crippen molar-refractivity contribution in [3.63, 3.8) is 0 Å². The zero-order chi connectivity index (χ0) is 14.4. The molecule has 106 valence electrons. The van der Waals surface area contributed by atoms with Crippen LogP contribution in [0.25, 0.3) is 0 Å². The first-order valence-corrected chi connectivity index (χ1v) is 7.86. The molecule has 4 nitrogen and oxygen atoms in total. The molecule has 0 aliphatic carbocycles. The van der Waals surface area contributed by atoms with Crippen LogP contribution in [0.3, 0.4) is 0 Å². The number of hydrogen-bond donors (Lipinski definition) is 1. The van der Waals surface area contributed by atoms with Gasteiger partial charge in [0.05, 0.1) is 11.5 Å². The lowest BCUT2D eigenvalue weighted by molar-refractivity contribution is 0.0795. The standard InChI is InChI=1S/C15H17NO3S/c1-2-13-8-10-15(11-9-13)20(17,18)16-19-12-14-6-4-3-5-7-14/h3-11,16H,2,12H2,1H3. The van der Waals surface area contributed by atoms with Crippen LogP contribution in [0.15, 0.2) is 59.5 Å². The molecule has 2 aromatic carbocycles. The van der Waals surface area contributed by atoms with E-state index in [9.17, 15) is 8.42 Å². The van der Waals surface area contributed by atoms with Crippen LogP contribution in [0.2, 0.25) is 0 Å². The van der Waals surface area contributed by atoms with Crippen molar-refractivity contribution >= 4 is 10.0 Å². The molecule has 0 atom stereocenters. The van der Waals surface area contributed by atoms with Gasteiger partial charge in [-0.25, -0.2) is 8.42 Å². The molecule has 1 N–H and O–H groups in total. The molecule has 5 heteroatoms. The van der Waals surface area contributed by atoms with Crippen molar-refractivity contribution < 1.29 is 13.3 Å². The Bertz CT molecular complexity index is 637. The van der Waals surface area contributed by atoms with Crippen molar-refractivity contribution in [1.29, 1.82) is 0 Å². The molecule has 0 spiro atoms. The maximum Gasteiger partial charge on any atom is 0.262 e. The monoisotopic (exact) mass is 291 g/mol. The van der Waals surface area contributed by atoms with Crippen molar-refractivity contribution in [1.82, 2.24) is 4.89 Å². The van der Waals surface area contributed by atoms with Gasteiger partial charge in [0.25, 0.3) is 10.0 Å². The Morgan fingerprint density at radius 2 is 1.60 bits per heavy atom. The number of sulfonamides is 1. The Labute approximate surface area is 119 Å². The third-order valence-corrected chi connectivity index (χ3v) is 4.12. The molecule has 0 saturated carbocycles. The Morgan fingerprint density at radius 1 is 0.950 bits per heavy atom. The van der Waals surface area contributed by atoms with E-state index in [-0.39, 0.29) is 11.5 Å². The van der Waals surface area contributed by atoms with Gasteiger partial charge in [0.15, 0.2) is 0 Å². The maximum atomic E-state index is 12.0. The fourth-order valence-corrected chi connectivity index (χ4v) is 2.52. The highest BCUT2D eigenvalue weighted by Gasteiger charge is 2.13. The molecule has 0 saturated heterocycles. The van der Waals surface area contributed by atoms with Gasteiger partial charge in [-0.3, -0.25) is 4.84 Å². The molecule has 20 heavy (non-hydrogen) atoms. The van der Waals surface area contributed by atoms with Gasteiger partial charge in [0.2, 0.25) is 0 Å². The van der Waals surface area contributed by atoms with Crippen LogP contribution in [-0.4, -0.2) is 8.42 Å². The van der Waals surface area contributed by atoms with Crippen LogP contribution in [0.4, 0.5) is 0 Å². The Kier molecular flexibility index (Phi) is 4.89. The third kappa shape index (κ3) is 3.90. The van der Waals surface area contributed by atoms with Crippen LogP contribution in [-0.2, 0) is 27.9 Å². The molecule has 2 rings (SSSR count). The molecule has 0 unspecified atom stereocenters. The lowest BCUT2D eigenvalue weighted by Gasteiger charge is -2.07. The van der Waals surface area contributed by atoms with Gasteiger partial charge in [-0.2, -0.15) is 0 Å². The number of aryl methyl sites for hydroxylation is 1. The fraction of sp³-hybridized carbons (Fsp3) is 0.200. The predicted molar refractivity (Wildman–Crippen MR) is 77.4 cm³/mol. The summed E-state index contributed by atoms with van der Waals surface area (Å²) in [5, 5.41) is 0. The van der Waals surface area contributed by atoms with Crippen molar-refractivity contribution in [2.24, 2.45) is 0 Å². The van der Waals surface area contributed by atoms with Gasteiger partial charge in [0.1, 0.15) is 0 Å². The minimum absolute atomic E-state index is 0.188. The van der Waals surface area contributed by atoms with E-state index in [1.165, 1.54) is 0 Å². The van der Waals surface area contributed by atoms with E-state index in [2.05, 4.69) is 4.89 Å². The first-order valence-electron chi connectivity index (χ1n) is 6.38.